The molecular weight excluding hydrogens is 493 g/mol. The monoisotopic (exact) mass is 522 g/mol. The first kappa shape index (κ1) is 27.1. The van der Waals surface area contributed by atoms with E-state index in [1.807, 2.05) is 53.4 Å². The fraction of sp³-hybridized carbons (Fsp3) is 0.321. The minimum Gasteiger partial charge on any atom is -0.368 e. The van der Waals surface area contributed by atoms with E-state index in [1.54, 1.807) is 24.4 Å². The summed E-state index contributed by atoms with van der Waals surface area (Å²) in [6, 6.07) is 21.8. The lowest BCUT2D eigenvalue weighted by atomic mass is 10.1. The van der Waals surface area contributed by atoms with Crippen LogP contribution in [0.25, 0.3) is 0 Å². The summed E-state index contributed by atoms with van der Waals surface area (Å²) in [5, 5.41) is 15.1. The molecule has 7 nitrogen and oxygen atoms in total. The van der Waals surface area contributed by atoms with Crippen molar-refractivity contribution in [2.24, 2.45) is 0 Å². The highest BCUT2D eigenvalue weighted by atomic mass is 19.4. The highest BCUT2D eigenvalue weighted by molar-refractivity contribution is 5.94. The van der Waals surface area contributed by atoms with Crippen LogP contribution in [0.4, 0.5) is 24.7 Å². The standard InChI is InChI=1S/C28H29F3N6O/c29-28(30,31)20-36-14-16-37(17-15-36)24-10-11-25(34-19-24)35-27(38)26(23-4-2-1-3-5-23)33-13-12-21-6-8-22(18-32)9-7-21/h1-11,19,26,33H,12-17,20H2,(H,34,35,38). The summed E-state index contributed by atoms with van der Waals surface area (Å²) >= 11 is 0. The van der Waals surface area contributed by atoms with Gasteiger partial charge in [0.15, 0.2) is 0 Å². The van der Waals surface area contributed by atoms with Crippen molar-refractivity contribution in [2.75, 3.05) is 49.5 Å². The number of benzene rings is 2. The predicted molar refractivity (Wildman–Crippen MR) is 140 cm³/mol. The number of nitrogens with one attached hydrogen (secondary N) is 2. The molecule has 0 saturated carbocycles. The van der Waals surface area contributed by atoms with Crippen molar-refractivity contribution in [2.45, 2.75) is 18.6 Å². The fourth-order valence-electron chi connectivity index (χ4n) is 4.38. The van der Waals surface area contributed by atoms with Crippen LogP contribution in [0.1, 0.15) is 22.7 Å². The van der Waals surface area contributed by atoms with Crippen molar-refractivity contribution in [1.29, 1.82) is 5.26 Å². The molecule has 2 heterocycles. The molecule has 2 aromatic carbocycles. The van der Waals surface area contributed by atoms with E-state index in [9.17, 15) is 18.0 Å². The van der Waals surface area contributed by atoms with E-state index < -0.39 is 18.8 Å². The highest BCUT2D eigenvalue weighted by Crippen LogP contribution is 2.22. The summed E-state index contributed by atoms with van der Waals surface area (Å²) in [5.41, 5.74) is 3.28. The van der Waals surface area contributed by atoms with Crippen LogP contribution in [0, 0.1) is 11.3 Å². The van der Waals surface area contributed by atoms with Crippen molar-refractivity contribution < 1.29 is 18.0 Å². The molecule has 0 aliphatic carbocycles. The van der Waals surface area contributed by atoms with Gasteiger partial charge in [0.1, 0.15) is 11.9 Å². The first-order valence-corrected chi connectivity index (χ1v) is 12.4. The number of amides is 1. The van der Waals surface area contributed by atoms with Crippen LogP contribution in [0.15, 0.2) is 72.9 Å². The van der Waals surface area contributed by atoms with E-state index in [4.69, 9.17) is 5.26 Å². The van der Waals surface area contributed by atoms with Crippen LogP contribution in [0.5, 0.6) is 0 Å². The number of hydrogen-bond donors (Lipinski definition) is 2. The number of carbonyl (C=O) groups excluding carboxylic acids is 1. The maximum Gasteiger partial charge on any atom is 0.401 e. The van der Waals surface area contributed by atoms with Crippen molar-refractivity contribution in [3.05, 3.63) is 89.6 Å². The van der Waals surface area contributed by atoms with Gasteiger partial charge in [0, 0.05) is 32.7 Å². The van der Waals surface area contributed by atoms with Gasteiger partial charge in [-0.1, -0.05) is 42.5 Å². The van der Waals surface area contributed by atoms with Crippen molar-refractivity contribution in [3.8, 4) is 6.07 Å². The quantitative estimate of drug-likeness (QED) is 0.439. The molecule has 1 aliphatic heterocycles. The van der Waals surface area contributed by atoms with E-state index in [0.717, 1.165) is 16.8 Å². The molecule has 1 amide bonds. The first-order chi connectivity index (χ1) is 18.3. The van der Waals surface area contributed by atoms with Gasteiger partial charge >= 0.3 is 6.18 Å². The Morgan fingerprint density at radius 1 is 1.00 bits per heavy atom. The van der Waals surface area contributed by atoms with Gasteiger partial charge in [-0.05, 0) is 41.8 Å². The second kappa shape index (κ2) is 12.5. The Morgan fingerprint density at radius 2 is 1.71 bits per heavy atom. The van der Waals surface area contributed by atoms with Gasteiger partial charge in [-0.25, -0.2) is 4.98 Å². The summed E-state index contributed by atoms with van der Waals surface area (Å²) in [7, 11) is 0. The Labute approximate surface area is 219 Å². The molecule has 1 saturated heterocycles. The molecule has 1 fully saturated rings. The van der Waals surface area contributed by atoms with Gasteiger partial charge in [0.25, 0.3) is 0 Å². The number of alkyl halides is 3. The van der Waals surface area contributed by atoms with Gasteiger partial charge in [-0.3, -0.25) is 9.69 Å². The Balaban J connectivity index is 1.34. The Hall–Kier alpha value is -3.94. The summed E-state index contributed by atoms with van der Waals surface area (Å²) in [6.07, 6.45) is -1.88. The van der Waals surface area contributed by atoms with Crippen molar-refractivity contribution in [1.82, 2.24) is 15.2 Å². The van der Waals surface area contributed by atoms with Crippen LogP contribution in [-0.4, -0.2) is 61.2 Å². The highest BCUT2D eigenvalue weighted by Gasteiger charge is 2.32. The van der Waals surface area contributed by atoms with Gasteiger partial charge in [0.2, 0.25) is 5.91 Å². The van der Waals surface area contributed by atoms with Crippen LogP contribution < -0.4 is 15.5 Å². The normalized spacial score (nSPS) is 15.1. The number of anilines is 2. The van der Waals surface area contributed by atoms with E-state index >= 15 is 0 Å². The molecule has 0 bridgehead atoms. The van der Waals surface area contributed by atoms with Crippen LogP contribution in [0.2, 0.25) is 0 Å². The SMILES string of the molecule is N#Cc1ccc(CCNC(C(=O)Nc2ccc(N3CCN(CC(F)(F)F)CC3)cn2)c2ccccc2)cc1. The lowest BCUT2D eigenvalue weighted by Gasteiger charge is -2.36. The summed E-state index contributed by atoms with van der Waals surface area (Å²) < 4.78 is 37.9. The molecule has 4 rings (SSSR count). The van der Waals surface area contributed by atoms with Crippen LogP contribution >= 0.6 is 0 Å². The number of aromatic nitrogens is 1. The van der Waals surface area contributed by atoms with Gasteiger partial charge in [-0.2, -0.15) is 18.4 Å². The number of hydrogen-bond acceptors (Lipinski definition) is 6. The maximum atomic E-state index is 13.2. The van der Waals surface area contributed by atoms with Crippen LogP contribution in [-0.2, 0) is 11.2 Å². The van der Waals surface area contributed by atoms with Crippen LogP contribution in [0.3, 0.4) is 0 Å². The van der Waals surface area contributed by atoms with Crippen molar-refractivity contribution >= 4 is 17.4 Å². The molecule has 10 heteroatoms. The smallest absolute Gasteiger partial charge is 0.368 e. The molecule has 2 N–H and O–H groups in total. The Kier molecular flexibility index (Phi) is 8.94. The summed E-state index contributed by atoms with van der Waals surface area (Å²) in [6.45, 7) is 1.25. The van der Waals surface area contributed by atoms with E-state index in [0.29, 0.717) is 50.5 Å². The lowest BCUT2D eigenvalue weighted by Crippen LogP contribution is -2.49. The maximum absolute atomic E-state index is 13.2. The molecule has 1 unspecified atom stereocenters. The third kappa shape index (κ3) is 7.78. The zero-order valence-electron chi connectivity index (χ0n) is 20.8. The van der Waals surface area contributed by atoms with Gasteiger partial charge < -0.3 is 15.5 Å². The zero-order valence-corrected chi connectivity index (χ0v) is 20.8. The summed E-state index contributed by atoms with van der Waals surface area (Å²) in [5.74, 6) is 0.140. The summed E-state index contributed by atoms with van der Waals surface area (Å²) in [4.78, 5) is 21.0. The van der Waals surface area contributed by atoms with E-state index in [1.165, 1.54) is 4.90 Å². The number of halogens is 3. The topological polar surface area (TPSA) is 84.3 Å². The molecule has 3 aromatic rings. The molecule has 1 atom stereocenters. The molecule has 0 spiro atoms. The number of nitrogens with zero attached hydrogens (tertiary/aromatic N) is 4. The molecule has 198 valence electrons. The second-order valence-electron chi connectivity index (χ2n) is 9.13. The number of piperazine rings is 1. The van der Waals surface area contributed by atoms with Crippen molar-refractivity contribution in [3.63, 3.8) is 0 Å². The molecule has 38 heavy (non-hydrogen) atoms. The number of rotatable bonds is 9. The number of nitriles is 1. The Morgan fingerprint density at radius 3 is 2.32 bits per heavy atom. The average molecular weight is 523 g/mol. The average Bonchev–Trinajstić information content (AvgIpc) is 2.92. The largest absolute Gasteiger partial charge is 0.401 e. The van der Waals surface area contributed by atoms with Gasteiger partial charge in [0.05, 0.1) is 30.1 Å². The Bertz CT molecular complexity index is 1220. The fourth-order valence-corrected chi connectivity index (χ4v) is 4.38. The first-order valence-electron chi connectivity index (χ1n) is 12.4. The number of carbonyl (C=O) groups is 1. The molecule has 1 aliphatic rings. The van der Waals surface area contributed by atoms with E-state index in [-0.39, 0.29) is 5.91 Å². The second-order valence-corrected chi connectivity index (χ2v) is 9.13. The predicted octanol–water partition coefficient (Wildman–Crippen LogP) is 4.15. The number of pyridine rings is 1. The molecular formula is C28H29F3N6O. The minimum atomic E-state index is -4.19. The lowest BCUT2D eigenvalue weighted by molar-refractivity contribution is -0.146. The van der Waals surface area contributed by atoms with E-state index in [2.05, 4.69) is 21.7 Å². The third-order valence-corrected chi connectivity index (χ3v) is 6.38. The minimum absolute atomic E-state index is 0.253. The molecule has 0 radical (unpaired) electrons. The zero-order chi connectivity index (χ0) is 27.0. The molecule has 1 aromatic heterocycles. The van der Waals surface area contributed by atoms with Gasteiger partial charge in [-0.15, -0.1) is 0 Å². The third-order valence-electron chi connectivity index (χ3n) is 6.38.